The molecule has 0 aliphatic carbocycles. The quantitative estimate of drug-likeness (QED) is 0.287. The second kappa shape index (κ2) is 9.14. The van der Waals surface area contributed by atoms with Crippen LogP contribution in [0.2, 0.25) is 0 Å². The number of nitrogens with zero attached hydrogens (tertiary/aromatic N) is 2. The summed E-state index contributed by atoms with van der Waals surface area (Å²) >= 11 is 0. The third-order valence-corrected chi connectivity index (χ3v) is 4.60. The lowest BCUT2D eigenvalue weighted by atomic mass is 10.2. The van der Waals surface area contributed by atoms with E-state index in [9.17, 15) is 14.4 Å². The summed E-state index contributed by atoms with van der Waals surface area (Å²) < 4.78 is 6.87. The Morgan fingerprint density at radius 2 is 1.84 bits per heavy atom. The standard InChI is InChI=1S/C17H23N3O4.HI/c1-4-20(3,5-2)10-11-24-15(21)12-19-16(22)13-8-6-7-9-14(13)18-17(19)23;/h6-9H,4-5,10-12H2,1-3H3;1H. The molecule has 0 amide bonds. The van der Waals surface area contributed by atoms with Gasteiger partial charge in [0.1, 0.15) is 19.7 Å². The third-order valence-electron chi connectivity index (χ3n) is 4.60. The molecule has 0 saturated carbocycles. The maximum Gasteiger partial charge on any atom is 0.329 e. The number of para-hydroxylation sites is 1. The maximum atomic E-state index is 12.3. The predicted octanol–water partition coefficient (Wildman–Crippen LogP) is -2.28. The second-order valence-corrected chi connectivity index (χ2v) is 6.06. The number of carbonyl (C=O) groups is 1. The average Bonchev–Trinajstić information content (AvgIpc) is 2.58. The average molecular weight is 461 g/mol. The molecule has 25 heavy (non-hydrogen) atoms. The lowest BCUT2D eigenvalue weighted by Gasteiger charge is -2.31. The number of fused-ring (bicyclic) bond motifs is 1. The first-order valence-corrected chi connectivity index (χ1v) is 8.11. The van der Waals surface area contributed by atoms with Crippen molar-refractivity contribution in [3.8, 4) is 0 Å². The first-order valence-electron chi connectivity index (χ1n) is 8.11. The smallest absolute Gasteiger partial charge is 0.329 e. The van der Waals surface area contributed by atoms with Gasteiger partial charge in [-0.15, -0.1) is 0 Å². The molecule has 138 valence electrons. The van der Waals surface area contributed by atoms with E-state index in [2.05, 4.69) is 25.9 Å². The molecule has 0 radical (unpaired) electrons. The zero-order valence-electron chi connectivity index (χ0n) is 14.8. The Bertz CT molecular complexity index is 840. The van der Waals surface area contributed by atoms with Gasteiger partial charge in [-0.3, -0.25) is 9.59 Å². The first-order chi connectivity index (χ1) is 11.4. The van der Waals surface area contributed by atoms with Gasteiger partial charge in [0, 0.05) is 0 Å². The number of hydrogen-bond donors (Lipinski definition) is 1. The highest BCUT2D eigenvalue weighted by atomic mass is 127. The summed E-state index contributed by atoms with van der Waals surface area (Å²) in [5.41, 5.74) is -0.650. The molecule has 7 nitrogen and oxygen atoms in total. The van der Waals surface area contributed by atoms with Gasteiger partial charge in [0.15, 0.2) is 0 Å². The van der Waals surface area contributed by atoms with Gasteiger partial charge in [-0.1, -0.05) is 12.1 Å². The van der Waals surface area contributed by atoms with Crippen molar-refractivity contribution in [3.63, 3.8) is 0 Å². The van der Waals surface area contributed by atoms with Crippen LogP contribution in [-0.4, -0.2) is 53.3 Å². The van der Waals surface area contributed by atoms with Gasteiger partial charge in [0.05, 0.1) is 31.0 Å². The lowest BCUT2D eigenvalue weighted by molar-refractivity contribution is -0.906. The lowest BCUT2D eigenvalue weighted by Crippen LogP contribution is -3.00. The van der Waals surface area contributed by atoms with Gasteiger partial charge in [0.25, 0.3) is 5.56 Å². The molecular weight excluding hydrogens is 437 g/mol. The molecule has 0 unspecified atom stereocenters. The van der Waals surface area contributed by atoms with E-state index in [1.165, 1.54) is 0 Å². The predicted molar refractivity (Wildman–Crippen MR) is 91.9 cm³/mol. The van der Waals surface area contributed by atoms with Crippen LogP contribution in [0.4, 0.5) is 0 Å². The Morgan fingerprint density at radius 3 is 2.48 bits per heavy atom. The highest BCUT2D eigenvalue weighted by Crippen LogP contribution is 2.03. The summed E-state index contributed by atoms with van der Waals surface area (Å²) in [7, 11) is 2.09. The van der Waals surface area contributed by atoms with Gasteiger partial charge >= 0.3 is 11.7 Å². The van der Waals surface area contributed by atoms with Gasteiger partial charge in [0.2, 0.25) is 0 Å². The minimum Gasteiger partial charge on any atom is -1.00 e. The summed E-state index contributed by atoms with van der Waals surface area (Å²) in [4.78, 5) is 38.9. The zero-order chi connectivity index (χ0) is 17.7. The fourth-order valence-corrected chi connectivity index (χ4v) is 2.44. The molecule has 0 saturated heterocycles. The Hall–Kier alpha value is -1.68. The topological polar surface area (TPSA) is 81.2 Å². The summed E-state index contributed by atoms with van der Waals surface area (Å²) in [5, 5.41) is 0.367. The second-order valence-electron chi connectivity index (χ2n) is 6.06. The number of H-pyrrole nitrogens is 1. The number of rotatable bonds is 7. The Labute approximate surface area is 163 Å². The van der Waals surface area contributed by atoms with Crippen LogP contribution >= 0.6 is 0 Å². The molecule has 1 heterocycles. The number of hydrogen-bond acceptors (Lipinski definition) is 4. The minimum absolute atomic E-state index is 0. The SMILES string of the molecule is CC[N+](C)(CC)CCOC(=O)Cn1c(=O)[nH]c2ccccc2c1=O.[I-]. The Morgan fingerprint density at radius 1 is 1.20 bits per heavy atom. The van der Waals surface area contributed by atoms with Crippen molar-refractivity contribution in [2.75, 3.05) is 33.3 Å². The number of ether oxygens (including phenoxy) is 1. The molecule has 1 aromatic carbocycles. The molecule has 1 N–H and O–H groups in total. The van der Waals surface area contributed by atoms with Crippen LogP contribution in [0.3, 0.4) is 0 Å². The zero-order valence-corrected chi connectivity index (χ0v) is 16.9. The van der Waals surface area contributed by atoms with E-state index in [0.717, 1.165) is 22.1 Å². The van der Waals surface area contributed by atoms with Crippen molar-refractivity contribution in [2.24, 2.45) is 0 Å². The highest BCUT2D eigenvalue weighted by Gasteiger charge is 2.18. The van der Waals surface area contributed by atoms with Crippen molar-refractivity contribution >= 4 is 16.9 Å². The molecule has 0 aliphatic heterocycles. The number of esters is 1. The summed E-state index contributed by atoms with van der Waals surface area (Å²) in [6.45, 7) is 6.62. The van der Waals surface area contributed by atoms with E-state index in [1.54, 1.807) is 24.3 Å². The molecule has 8 heteroatoms. The van der Waals surface area contributed by atoms with E-state index < -0.39 is 17.2 Å². The normalized spacial score (nSPS) is 11.2. The van der Waals surface area contributed by atoms with E-state index >= 15 is 0 Å². The van der Waals surface area contributed by atoms with Crippen LogP contribution in [0.25, 0.3) is 10.9 Å². The number of halogens is 1. The molecule has 2 aromatic rings. The number of aromatic amines is 1. The van der Waals surface area contributed by atoms with Gasteiger partial charge < -0.3 is 38.2 Å². The Kier molecular flexibility index (Phi) is 7.81. The van der Waals surface area contributed by atoms with Crippen LogP contribution in [0.1, 0.15) is 13.8 Å². The fourth-order valence-electron chi connectivity index (χ4n) is 2.44. The third kappa shape index (κ3) is 5.15. The minimum atomic E-state index is -0.613. The molecular formula is C17H24IN3O4. The van der Waals surface area contributed by atoms with Crippen molar-refractivity contribution < 1.29 is 38.0 Å². The summed E-state index contributed by atoms with van der Waals surface area (Å²) in [6.07, 6.45) is 0. The van der Waals surface area contributed by atoms with E-state index in [0.29, 0.717) is 17.4 Å². The monoisotopic (exact) mass is 461 g/mol. The van der Waals surface area contributed by atoms with Crippen LogP contribution in [0.5, 0.6) is 0 Å². The number of carbonyl (C=O) groups excluding carboxylic acids is 1. The summed E-state index contributed by atoms with van der Waals surface area (Å²) in [6, 6.07) is 6.70. The van der Waals surface area contributed by atoms with Crippen LogP contribution in [0.15, 0.2) is 33.9 Å². The maximum absolute atomic E-state index is 12.3. The van der Waals surface area contributed by atoms with Gasteiger partial charge in [-0.2, -0.15) is 0 Å². The largest absolute Gasteiger partial charge is 1.00 e. The molecule has 2 rings (SSSR count). The number of quaternary nitrogens is 1. The van der Waals surface area contributed by atoms with Crippen molar-refractivity contribution in [1.82, 2.24) is 9.55 Å². The highest BCUT2D eigenvalue weighted by molar-refractivity contribution is 5.77. The van der Waals surface area contributed by atoms with Gasteiger partial charge in [-0.25, -0.2) is 9.36 Å². The molecule has 0 atom stereocenters. The molecule has 0 fully saturated rings. The van der Waals surface area contributed by atoms with Crippen LogP contribution < -0.4 is 35.2 Å². The number of aromatic nitrogens is 2. The Balaban J connectivity index is 0.00000312. The molecule has 0 bridgehead atoms. The van der Waals surface area contributed by atoms with E-state index in [1.807, 2.05) is 0 Å². The van der Waals surface area contributed by atoms with Crippen molar-refractivity contribution in [3.05, 3.63) is 45.1 Å². The van der Waals surface area contributed by atoms with Crippen LogP contribution in [0, 0.1) is 0 Å². The number of benzene rings is 1. The molecule has 0 aliphatic rings. The van der Waals surface area contributed by atoms with Gasteiger partial charge in [-0.05, 0) is 26.0 Å². The first kappa shape index (κ1) is 21.4. The van der Waals surface area contributed by atoms with E-state index in [4.69, 9.17) is 4.74 Å². The molecule has 0 spiro atoms. The molecule has 1 aromatic heterocycles. The van der Waals surface area contributed by atoms with E-state index in [-0.39, 0.29) is 37.1 Å². The summed E-state index contributed by atoms with van der Waals surface area (Å²) in [5.74, 6) is -0.586. The van der Waals surface area contributed by atoms with Crippen molar-refractivity contribution in [2.45, 2.75) is 20.4 Å². The number of nitrogens with one attached hydrogen (secondary N) is 1. The van der Waals surface area contributed by atoms with Crippen LogP contribution in [-0.2, 0) is 16.1 Å². The number of likely N-dealkylation sites (N-methyl/N-ethyl adjacent to an activating group) is 1. The fraction of sp³-hybridized carbons (Fsp3) is 0.471. The van der Waals surface area contributed by atoms with Crippen molar-refractivity contribution in [1.29, 1.82) is 0 Å².